The van der Waals surface area contributed by atoms with E-state index in [1.807, 2.05) is 60.7 Å². The molecule has 2 aromatic rings. The third-order valence-corrected chi connectivity index (χ3v) is 7.47. The fourth-order valence-corrected chi connectivity index (χ4v) is 5.43. The lowest BCUT2D eigenvalue weighted by Gasteiger charge is -2.28. The van der Waals surface area contributed by atoms with Crippen molar-refractivity contribution in [2.45, 2.75) is 33.1 Å². The molecule has 23 heavy (non-hydrogen) atoms. The third-order valence-electron chi connectivity index (χ3n) is 4.91. The smallest absolute Gasteiger partial charge is 0.247 e. The Morgan fingerprint density at radius 1 is 0.870 bits per heavy atom. The summed E-state index contributed by atoms with van der Waals surface area (Å²) in [4.78, 5) is 0. The first kappa shape index (κ1) is 16.2. The van der Waals surface area contributed by atoms with E-state index in [4.69, 9.17) is 4.76 Å². The highest BCUT2D eigenvalue weighted by Crippen LogP contribution is 2.46. The lowest BCUT2D eigenvalue weighted by atomic mass is 9.81. The number of hydrogen-bond acceptors (Lipinski definition) is 1. The Balaban J connectivity index is 2.05. The molecular weight excluding hydrogens is 301 g/mol. The summed E-state index contributed by atoms with van der Waals surface area (Å²) in [6.07, 6.45) is 3.07. The van der Waals surface area contributed by atoms with Crippen LogP contribution in [-0.4, -0.2) is 5.71 Å². The van der Waals surface area contributed by atoms with E-state index >= 15 is 0 Å². The van der Waals surface area contributed by atoms with Crippen molar-refractivity contribution in [1.82, 2.24) is 0 Å². The molecule has 2 atom stereocenters. The van der Waals surface area contributed by atoms with Crippen molar-refractivity contribution in [2.24, 2.45) is 16.6 Å². The van der Waals surface area contributed by atoms with Crippen LogP contribution in [0.2, 0.25) is 0 Å². The molecule has 120 valence electrons. The molecule has 0 spiro atoms. The Hall–Kier alpha value is -1.66. The second kappa shape index (κ2) is 6.84. The predicted octanol–water partition coefficient (Wildman–Crippen LogP) is 4.81. The van der Waals surface area contributed by atoms with Crippen LogP contribution in [0, 0.1) is 11.8 Å². The van der Waals surface area contributed by atoms with Crippen LogP contribution in [0.1, 0.15) is 33.1 Å². The summed E-state index contributed by atoms with van der Waals surface area (Å²) < 4.78 is 18.8. The van der Waals surface area contributed by atoms with E-state index in [0.29, 0.717) is 5.92 Å². The van der Waals surface area contributed by atoms with Gasteiger partial charge in [0.05, 0.1) is 0 Å². The minimum absolute atomic E-state index is 0.613. The number of benzene rings is 2. The lowest BCUT2D eigenvalue weighted by molar-refractivity contribution is 0.355. The fraction of sp³-hybridized carbons (Fsp3) is 0.350. The van der Waals surface area contributed by atoms with Crippen LogP contribution in [0.3, 0.4) is 0 Å². The van der Waals surface area contributed by atoms with E-state index in [-0.39, 0.29) is 0 Å². The van der Waals surface area contributed by atoms with Gasteiger partial charge in [-0.25, -0.2) is 4.76 Å². The lowest BCUT2D eigenvalue weighted by Crippen LogP contribution is -2.22. The van der Waals surface area contributed by atoms with Crippen molar-refractivity contribution in [1.29, 1.82) is 0 Å². The van der Waals surface area contributed by atoms with Gasteiger partial charge in [0.15, 0.2) is 0 Å². The Labute approximate surface area is 139 Å². The third kappa shape index (κ3) is 3.48. The van der Waals surface area contributed by atoms with E-state index in [9.17, 15) is 4.57 Å². The molecule has 3 rings (SSSR count). The molecule has 2 aromatic carbocycles. The van der Waals surface area contributed by atoms with E-state index in [1.54, 1.807) is 0 Å². The quantitative estimate of drug-likeness (QED) is 0.744. The molecular formula is C20H24NOP. The normalized spacial score (nSPS) is 23.8. The molecule has 1 aliphatic carbocycles. The molecule has 0 aliphatic heterocycles. The molecule has 0 aromatic heterocycles. The highest BCUT2D eigenvalue weighted by Gasteiger charge is 2.29. The van der Waals surface area contributed by atoms with Gasteiger partial charge < -0.3 is 0 Å². The molecule has 0 N–H and O–H groups in total. The highest BCUT2D eigenvalue weighted by molar-refractivity contribution is 7.77. The van der Waals surface area contributed by atoms with Crippen molar-refractivity contribution in [3.63, 3.8) is 0 Å². The van der Waals surface area contributed by atoms with Gasteiger partial charge in [0, 0.05) is 16.3 Å². The van der Waals surface area contributed by atoms with Gasteiger partial charge in [0.2, 0.25) is 7.29 Å². The maximum Gasteiger partial charge on any atom is 0.247 e. The first-order chi connectivity index (χ1) is 11.1. The average molecular weight is 325 g/mol. The van der Waals surface area contributed by atoms with E-state index < -0.39 is 7.29 Å². The van der Waals surface area contributed by atoms with Gasteiger partial charge in [-0.2, -0.15) is 0 Å². The maximum atomic E-state index is 13.9. The van der Waals surface area contributed by atoms with Crippen LogP contribution in [0.5, 0.6) is 0 Å². The summed E-state index contributed by atoms with van der Waals surface area (Å²) in [7, 11) is -2.95. The summed E-state index contributed by atoms with van der Waals surface area (Å²) in [5.41, 5.74) is 1.12. The Morgan fingerprint density at radius 2 is 1.39 bits per heavy atom. The molecule has 0 bridgehead atoms. The molecule has 0 heterocycles. The van der Waals surface area contributed by atoms with Gasteiger partial charge in [-0.05, 0) is 55.4 Å². The van der Waals surface area contributed by atoms with Crippen molar-refractivity contribution in [3.8, 4) is 0 Å². The van der Waals surface area contributed by atoms with Crippen molar-refractivity contribution >= 4 is 23.6 Å². The van der Waals surface area contributed by atoms with Crippen LogP contribution in [0.15, 0.2) is 65.4 Å². The van der Waals surface area contributed by atoms with Crippen LogP contribution in [-0.2, 0) is 4.57 Å². The van der Waals surface area contributed by atoms with Gasteiger partial charge >= 0.3 is 0 Å². The summed E-state index contributed by atoms with van der Waals surface area (Å²) in [5, 5.41) is 1.65. The monoisotopic (exact) mass is 325 g/mol. The molecule has 1 saturated carbocycles. The summed E-state index contributed by atoms with van der Waals surface area (Å²) in [5.74, 6) is 1.34. The van der Waals surface area contributed by atoms with Crippen molar-refractivity contribution in [2.75, 3.05) is 0 Å². The zero-order valence-corrected chi connectivity index (χ0v) is 14.7. The first-order valence-electron chi connectivity index (χ1n) is 8.39. The highest BCUT2D eigenvalue weighted by atomic mass is 31.2. The molecule has 1 fully saturated rings. The molecule has 0 unspecified atom stereocenters. The molecule has 3 heteroatoms. The summed E-state index contributed by atoms with van der Waals surface area (Å²) in [6.45, 7) is 4.57. The largest absolute Gasteiger partial charge is 0.288 e. The van der Waals surface area contributed by atoms with E-state index in [2.05, 4.69) is 13.8 Å². The predicted molar refractivity (Wildman–Crippen MR) is 99.4 cm³/mol. The number of rotatable bonds is 3. The molecule has 0 saturated heterocycles. The van der Waals surface area contributed by atoms with Crippen LogP contribution < -0.4 is 10.6 Å². The molecule has 1 aliphatic rings. The minimum atomic E-state index is -2.95. The molecule has 2 nitrogen and oxygen atoms in total. The SMILES string of the molecule is C[C@@H]1CC/C(=N\P(=O)(c2ccccc2)c2ccccc2)C[C@H]1C. The van der Waals surface area contributed by atoms with Crippen molar-refractivity contribution < 1.29 is 4.57 Å². The van der Waals surface area contributed by atoms with Gasteiger partial charge in [0.25, 0.3) is 0 Å². The van der Waals surface area contributed by atoms with Crippen molar-refractivity contribution in [3.05, 3.63) is 60.7 Å². The van der Waals surface area contributed by atoms with Gasteiger partial charge in [0.1, 0.15) is 0 Å². The van der Waals surface area contributed by atoms with Gasteiger partial charge in [-0.15, -0.1) is 0 Å². The second-order valence-corrected chi connectivity index (χ2v) is 9.00. The first-order valence-corrected chi connectivity index (χ1v) is 10.0. The van der Waals surface area contributed by atoms with Crippen LogP contribution in [0.25, 0.3) is 0 Å². The Bertz CT molecular complexity index is 680. The minimum Gasteiger partial charge on any atom is -0.288 e. The maximum absolute atomic E-state index is 13.9. The molecule has 0 radical (unpaired) electrons. The topological polar surface area (TPSA) is 29.4 Å². The summed E-state index contributed by atoms with van der Waals surface area (Å²) >= 11 is 0. The standard InChI is InChI=1S/C20H24NOP/c1-16-13-14-18(15-17(16)2)21-23(22,19-9-5-3-6-10-19)20-11-7-4-8-12-20/h3-12,16-17H,13-15H2,1-2H3/b21-18+/t16-,17-/m1/s1. The second-order valence-electron chi connectivity index (χ2n) is 6.61. The Morgan fingerprint density at radius 3 is 1.87 bits per heavy atom. The van der Waals surface area contributed by atoms with Gasteiger partial charge in [-0.1, -0.05) is 50.2 Å². The fourth-order valence-electron chi connectivity index (χ4n) is 3.17. The zero-order valence-electron chi connectivity index (χ0n) is 13.9. The van der Waals surface area contributed by atoms with Crippen LogP contribution in [0.4, 0.5) is 0 Å². The van der Waals surface area contributed by atoms with Crippen LogP contribution >= 0.6 is 7.29 Å². The van der Waals surface area contributed by atoms with E-state index in [0.717, 1.165) is 41.5 Å². The van der Waals surface area contributed by atoms with Gasteiger partial charge in [-0.3, -0.25) is 4.57 Å². The Kier molecular flexibility index (Phi) is 4.82. The number of hydrogen-bond donors (Lipinski definition) is 0. The average Bonchev–Trinajstić information content (AvgIpc) is 2.60. The zero-order chi connectivity index (χ0) is 16.3. The van der Waals surface area contributed by atoms with E-state index in [1.165, 1.54) is 0 Å². The summed E-state index contributed by atoms with van der Waals surface area (Å²) in [6, 6.07) is 19.4. The number of nitrogens with zero attached hydrogens (tertiary/aromatic N) is 1. The molecule has 0 amide bonds.